The van der Waals surface area contributed by atoms with Crippen molar-refractivity contribution >= 4 is 11.0 Å². The summed E-state index contributed by atoms with van der Waals surface area (Å²) in [6.45, 7) is 9.00. The molecule has 166 valence electrons. The van der Waals surface area contributed by atoms with Gasteiger partial charge in [-0.1, -0.05) is 32.3 Å². The van der Waals surface area contributed by atoms with E-state index in [4.69, 9.17) is 15.0 Å². The van der Waals surface area contributed by atoms with Crippen LogP contribution in [0.15, 0.2) is 18.3 Å². The fourth-order valence-corrected chi connectivity index (χ4v) is 4.71. The monoisotopic (exact) mass is 419 g/mol. The van der Waals surface area contributed by atoms with Crippen LogP contribution in [0.25, 0.3) is 22.4 Å². The van der Waals surface area contributed by atoms with E-state index in [0.29, 0.717) is 0 Å². The fourth-order valence-electron chi connectivity index (χ4n) is 4.71. The van der Waals surface area contributed by atoms with Crippen LogP contribution in [0, 0.1) is 19.8 Å². The number of rotatable bonds is 8. The Labute approximate surface area is 186 Å². The second kappa shape index (κ2) is 9.90. The molecule has 0 bridgehead atoms. The molecule has 5 nitrogen and oxygen atoms in total. The molecule has 4 rings (SSSR count). The van der Waals surface area contributed by atoms with E-state index in [1.807, 2.05) is 6.20 Å². The van der Waals surface area contributed by atoms with Crippen LogP contribution >= 0.6 is 0 Å². The van der Waals surface area contributed by atoms with Gasteiger partial charge >= 0.3 is 0 Å². The number of imidazole rings is 1. The zero-order valence-electron chi connectivity index (χ0n) is 19.7. The minimum atomic E-state index is 0.890. The van der Waals surface area contributed by atoms with E-state index in [-0.39, 0.29) is 0 Å². The van der Waals surface area contributed by atoms with Crippen molar-refractivity contribution in [3.05, 3.63) is 41.0 Å². The second-order valence-corrected chi connectivity index (χ2v) is 9.38. The zero-order valence-corrected chi connectivity index (χ0v) is 19.7. The largest absolute Gasteiger partial charge is 0.338 e. The smallest absolute Gasteiger partial charge is 0.141 e. The highest BCUT2D eigenvalue weighted by Crippen LogP contribution is 2.27. The highest BCUT2D eigenvalue weighted by molar-refractivity contribution is 5.83. The molecule has 0 amide bonds. The van der Waals surface area contributed by atoms with E-state index >= 15 is 0 Å². The van der Waals surface area contributed by atoms with Gasteiger partial charge in [-0.05, 0) is 82.8 Å². The first-order valence-corrected chi connectivity index (χ1v) is 12.0. The minimum absolute atomic E-state index is 0.890. The van der Waals surface area contributed by atoms with Gasteiger partial charge in [0.05, 0.1) is 22.3 Å². The van der Waals surface area contributed by atoms with Crippen molar-refractivity contribution in [1.29, 1.82) is 0 Å². The molecule has 0 saturated carbocycles. The molecule has 1 aromatic carbocycles. The van der Waals surface area contributed by atoms with Crippen LogP contribution in [0.5, 0.6) is 0 Å². The summed E-state index contributed by atoms with van der Waals surface area (Å²) >= 11 is 0. The molecule has 0 unspecified atom stereocenters. The van der Waals surface area contributed by atoms with Gasteiger partial charge in [0.25, 0.3) is 0 Å². The number of aryl methyl sites for hydroxylation is 4. The Morgan fingerprint density at radius 2 is 1.87 bits per heavy atom. The highest BCUT2D eigenvalue weighted by Gasteiger charge is 2.17. The Hall–Kier alpha value is -2.27. The Kier molecular flexibility index (Phi) is 7.01. The molecule has 0 atom stereocenters. The third kappa shape index (κ3) is 5.15. The summed E-state index contributed by atoms with van der Waals surface area (Å²) in [5, 5.41) is 0. The molecule has 31 heavy (non-hydrogen) atoms. The maximum Gasteiger partial charge on any atom is 0.141 e. The Morgan fingerprint density at radius 1 is 1.06 bits per heavy atom. The fraction of sp³-hybridized carbons (Fsp3) is 0.577. The van der Waals surface area contributed by atoms with E-state index in [2.05, 4.69) is 49.8 Å². The quantitative estimate of drug-likeness (QED) is 0.480. The summed E-state index contributed by atoms with van der Waals surface area (Å²) in [5.41, 5.74) is 6.81. The Bertz CT molecular complexity index is 1010. The minimum Gasteiger partial charge on any atom is -0.338 e. The van der Waals surface area contributed by atoms with E-state index in [1.54, 1.807) is 0 Å². The maximum atomic E-state index is 4.97. The number of hydrogen-bond donors (Lipinski definition) is 1. The number of H-pyrrole nitrogens is 1. The molecule has 1 aliphatic rings. The summed E-state index contributed by atoms with van der Waals surface area (Å²) in [4.78, 5) is 20.5. The van der Waals surface area contributed by atoms with Gasteiger partial charge in [0.2, 0.25) is 0 Å². The molecule has 3 aromatic rings. The molecule has 0 spiro atoms. The van der Waals surface area contributed by atoms with Gasteiger partial charge in [0.15, 0.2) is 0 Å². The van der Waals surface area contributed by atoms with E-state index in [1.165, 1.54) is 56.3 Å². The first kappa shape index (κ1) is 21.9. The van der Waals surface area contributed by atoms with E-state index < -0.39 is 0 Å². The number of nitrogens with zero attached hydrogens (tertiary/aromatic N) is 4. The van der Waals surface area contributed by atoms with Crippen molar-refractivity contribution in [3.8, 4) is 11.4 Å². The number of hydrogen-bond acceptors (Lipinski definition) is 4. The number of nitrogens with one attached hydrogen (secondary N) is 1. The molecule has 3 heterocycles. The van der Waals surface area contributed by atoms with Gasteiger partial charge in [0, 0.05) is 12.6 Å². The van der Waals surface area contributed by atoms with Crippen LogP contribution in [-0.2, 0) is 12.8 Å². The molecular weight excluding hydrogens is 382 g/mol. The van der Waals surface area contributed by atoms with Crippen LogP contribution < -0.4 is 0 Å². The summed E-state index contributed by atoms with van der Waals surface area (Å²) in [6, 6.07) is 4.27. The first-order valence-electron chi connectivity index (χ1n) is 12.0. The number of benzene rings is 1. The lowest BCUT2D eigenvalue weighted by Gasteiger charge is -2.28. The van der Waals surface area contributed by atoms with Crippen LogP contribution in [0.4, 0.5) is 0 Å². The summed E-state index contributed by atoms with van der Waals surface area (Å²) in [7, 11) is 2.23. The lowest BCUT2D eigenvalue weighted by Crippen LogP contribution is -2.30. The standard InChI is InChI=1S/C26H37N5/c1-5-8-22-21(26-29-23-12-11-18(2)19(3)25(23)30-26)17-27-24(28-22)10-7-6-9-20-13-15-31(4)16-14-20/h11-12,17,20H,5-10,13-16H2,1-4H3,(H,29,30). The number of aromatic nitrogens is 4. The van der Waals surface area contributed by atoms with Crippen molar-refractivity contribution < 1.29 is 0 Å². The van der Waals surface area contributed by atoms with Crippen LogP contribution in [0.3, 0.4) is 0 Å². The van der Waals surface area contributed by atoms with Crippen molar-refractivity contribution in [2.75, 3.05) is 20.1 Å². The van der Waals surface area contributed by atoms with Gasteiger partial charge in [-0.15, -0.1) is 0 Å². The zero-order chi connectivity index (χ0) is 21.8. The first-order chi connectivity index (χ1) is 15.0. The molecule has 1 fully saturated rings. The van der Waals surface area contributed by atoms with Crippen LogP contribution in [-0.4, -0.2) is 45.0 Å². The molecule has 1 N–H and O–H groups in total. The highest BCUT2D eigenvalue weighted by atomic mass is 15.1. The van der Waals surface area contributed by atoms with Crippen molar-refractivity contribution in [2.45, 2.75) is 72.1 Å². The topological polar surface area (TPSA) is 57.7 Å². The lowest BCUT2D eigenvalue weighted by molar-refractivity contribution is 0.209. The predicted molar refractivity (Wildman–Crippen MR) is 128 cm³/mol. The molecule has 2 aromatic heterocycles. The summed E-state index contributed by atoms with van der Waals surface area (Å²) in [6.07, 6.45) is 11.5. The second-order valence-electron chi connectivity index (χ2n) is 9.38. The van der Waals surface area contributed by atoms with E-state index in [0.717, 1.165) is 59.1 Å². The van der Waals surface area contributed by atoms with Gasteiger partial charge in [-0.3, -0.25) is 0 Å². The Morgan fingerprint density at radius 3 is 2.65 bits per heavy atom. The van der Waals surface area contributed by atoms with Crippen molar-refractivity contribution in [1.82, 2.24) is 24.8 Å². The number of likely N-dealkylation sites (tertiary alicyclic amines) is 1. The normalized spacial score (nSPS) is 15.7. The van der Waals surface area contributed by atoms with Crippen molar-refractivity contribution in [2.24, 2.45) is 5.92 Å². The number of fused-ring (bicyclic) bond motifs is 1. The maximum absolute atomic E-state index is 4.97. The molecule has 0 radical (unpaired) electrons. The SMILES string of the molecule is CCCc1nc(CCCCC2CCN(C)CC2)ncc1-c1nc2c(C)c(C)ccc2[nH]1. The third-order valence-corrected chi connectivity index (χ3v) is 6.94. The van der Waals surface area contributed by atoms with Gasteiger partial charge in [0.1, 0.15) is 11.6 Å². The Balaban J connectivity index is 1.44. The third-order valence-electron chi connectivity index (χ3n) is 6.94. The number of piperidine rings is 1. The van der Waals surface area contributed by atoms with Crippen molar-refractivity contribution in [3.63, 3.8) is 0 Å². The average Bonchev–Trinajstić information content (AvgIpc) is 3.20. The molecular formula is C26H37N5. The van der Waals surface area contributed by atoms with Crippen LogP contribution in [0.1, 0.15) is 68.1 Å². The van der Waals surface area contributed by atoms with Gasteiger partial charge < -0.3 is 9.88 Å². The van der Waals surface area contributed by atoms with Gasteiger partial charge in [-0.25, -0.2) is 15.0 Å². The molecule has 1 saturated heterocycles. The number of aromatic amines is 1. The molecule has 5 heteroatoms. The molecule has 0 aliphatic carbocycles. The van der Waals surface area contributed by atoms with Crippen LogP contribution in [0.2, 0.25) is 0 Å². The summed E-state index contributed by atoms with van der Waals surface area (Å²) in [5.74, 6) is 2.79. The van der Waals surface area contributed by atoms with Gasteiger partial charge in [-0.2, -0.15) is 0 Å². The molecule has 1 aliphatic heterocycles. The van der Waals surface area contributed by atoms with E-state index in [9.17, 15) is 0 Å². The summed E-state index contributed by atoms with van der Waals surface area (Å²) < 4.78 is 0. The lowest BCUT2D eigenvalue weighted by atomic mass is 9.91. The number of unbranched alkanes of at least 4 members (excludes halogenated alkanes) is 1. The predicted octanol–water partition coefficient (Wildman–Crippen LogP) is 5.64. The average molecular weight is 420 g/mol.